The van der Waals surface area contributed by atoms with Gasteiger partial charge in [0.2, 0.25) is 23.6 Å². The zero-order valence-corrected chi connectivity index (χ0v) is 39.8. The second-order valence-corrected chi connectivity index (χ2v) is 17.5. The van der Waals surface area contributed by atoms with Crippen molar-refractivity contribution in [3.05, 3.63) is 54.1 Å². The summed E-state index contributed by atoms with van der Waals surface area (Å²) >= 11 is 0. The van der Waals surface area contributed by atoms with Crippen LogP contribution in [0.2, 0.25) is 0 Å². The molecule has 0 aliphatic carbocycles. The highest BCUT2D eigenvalue weighted by molar-refractivity contribution is 6.01. The first kappa shape index (κ1) is 52.5. The number of hydrogen-bond acceptors (Lipinski definition) is 8. The number of benzene rings is 2. The molecule has 0 unspecified atom stereocenters. The summed E-state index contributed by atoms with van der Waals surface area (Å²) in [5, 5.41) is 18.0. The lowest BCUT2D eigenvalue weighted by Gasteiger charge is -2.31. The first-order chi connectivity index (χ1) is 28.8. The van der Waals surface area contributed by atoms with Crippen LogP contribution in [0.3, 0.4) is 0 Å². The molecule has 0 atom stereocenters. The van der Waals surface area contributed by atoms with Gasteiger partial charge in [0, 0.05) is 74.7 Å². The molecule has 4 amide bonds. The molecule has 0 fully saturated rings. The Bertz CT molecular complexity index is 1870. The SMILES string of the molecule is CC.CC.CCNC(=O)C(C)(C)CCOC(C)(C)CCn1nnc2c1-c1ccccc1CN(C(=O)CCC(=O)NC(C)(C)CCOC(C)(C)CCC(=O)NC)c1ccccc1-2. The third kappa shape index (κ3) is 16.0. The molecule has 0 saturated carbocycles. The molecule has 340 valence electrons. The van der Waals surface area contributed by atoms with Gasteiger partial charge in [0.15, 0.2) is 0 Å². The van der Waals surface area contributed by atoms with Crippen LogP contribution in [0.15, 0.2) is 48.5 Å². The largest absolute Gasteiger partial charge is 0.375 e. The van der Waals surface area contributed by atoms with Crippen LogP contribution in [0.25, 0.3) is 22.5 Å². The highest BCUT2D eigenvalue weighted by Gasteiger charge is 2.32. The normalized spacial score (nSPS) is 12.5. The smallest absolute Gasteiger partial charge is 0.227 e. The molecule has 13 heteroatoms. The Balaban J connectivity index is 0.00000311. The van der Waals surface area contributed by atoms with Crippen molar-refractivity contribution in [2.24, 2.45) is 5.41 Å². The van der Waals surface area contributed by atoms with E-state index in [1.54, 1.807) is 11.9 Å². The molecule has 1 aromatic heterocycles. The number of nitrogens with zero attached hydrogens (tertiary/aromatic N) is 4. The fourth-order valence-electron chi connectivity index (χ4n) is 6.79. The molecule has 61 heavy (non-hydrogen) atoms. The summed E-state index contributed by atoms with van der Waals surface area (Å²) in [6, 6.07) is 15.7. The fourth-order valence-corrected chi connectivity index (χ4v) is 6.79. The second kappa shape index (κ2) is 24.1. The first-order valence-corrected chi connectivity index (χ1v) is 22.3. The van der Waals surface area contributed by atoms with Gasteiger partial charge in [0.25, 0.3) is 0 Å². The molecule has 2 aromatic carbocycles. The van der Waals surface area contributed by atoms with Crippen molar-refractivity contribution in [1.82, 2.24) is 30.9 Å². The van der Waals surface area contributed by atoms with Crippen molar-refractivity contribution in [2.45, 2.75) is 165 Å². The lowest BCUT2D eigenvalue weighted by molar-refractivity contribution is -0.131. The maximum absolute atomic E-state index is 14.1. The van der Waals surface area contributed by atoms with E-state index in [-0.39, 0.29) is 36.5 Å². The lowest BCUT2D eigenvalue weighted by atomic mass is 9.88. The standard InChI is InChI=1S/C44H65N7O6.2C2H6/c1-11-46-40(55)41(2,3)25-28-56-44(8,9)24-27-51-39-32-17-13-12-16-31(32)30-50(34-19-15-14-18-33(34)38(39)48-49-51)37(54)21-20-36(53)47-42(4,5)26-29-57-43(6,7)23-22-35(52)45-10;2*1-2/h12-19H,11,20-30H2,1-10H3,(H,45,52)(H,46,55)(H,47,53);2*1-2H3. The van der Waals surface area contributed by atoms with Gasteiger partial charge in [-0.15, -0.1) is 5.10 Å². The van der Waals surface area contributed by atoms with Crippen molar-refractivity contribution in [3.63, 3.8) is 0 Å². The van der Waals surface area contributed by atoms with Crippen LogP contribution in [0.5, 0.6) is 0 Å². The molecule has 3 N–H and O–H groups in total. The number of rotatable bonds is 20. The average Bonchev–Trinajstić information content (AvgIpc) is 3.64. The number of ether oxygens (including phenoxy) is 2. The Kier molecular flexibility index (Phi) is 20.8. The number of aromatic nitrogens is 3. The average molecular weight is 848 g/mol. The molecule has 0 bridgehead atoms. The summed E-state index contributed by atoms with van der Waals surface area (Å²) in [4.78, 5) is 53.2. The molecule has 13 nitrogen and oxygen atoms in total. The summed E-state index contributed by atoms with van der Waals surface area (Å²) in [6.45, 7) is 28.0. The minimum absolute atomic E-state index is 0.0204. The Morgan fingerprint density at radius 1 is 0.721 bits per heavy atom. The number of fused-ring (bicyclic) bond motifs is 5. The Morgan fingerprint density at radius 2 is 1.31 bits per heavy atom. The van der Waals surface area contributed by atoms with Crippen molar-refractivity contribution in [1.29, 1.82) is 0 Å². The monoisotopic (exact) mass is 848 g/mol. The summed E-state index contributed by atoms with van der Waals surface area (Å²) in [6.07, 6.45) is 2.84. The highest BCUT2D eigenvalue weighted by atomic mass is 16.5. The van der Waals surface area contributed by atoms with Gasteiger partial charge in [0.05, 0.1) is 29.1 Å². The molecule has 0 saturated heterocycles. The molecule has 0 radical (unpaired) electrons. The quantitative estimate of drug-likeness (QED) is 0.102. The van der Waals surface area contributed by atoms with Gasteiger partial charge in [-0.25, -0.2) is 4.68 Å². The number of carbonyl (C=O) groups excluding carboxylic acids is 4. The highest BCUT2D eigenvalue weighted by Crippen LogP contribution is 2.41. The van der Waals surface area contributed by atoms with Gasteiger partial charge in [0.1, 0.15) is 5.69 Å². The minimum atomic E-state index is -0.560. The van der Waals surface area contributed by atoms with Gasteiger partial charge in [-0.1, -0.05) is 89.2 Å². The van der Waals surface area contributed by atoms with Crippen LogP contribution in [0.1, 0.15) is 141 Å². The molecule has 1 aliphatic heterocycles. The third-order valence-electron chi connectivity index (χ3n) is 10.7. The van der Waals surface area contributed by atoms with E-state index in [4.69, 9.17) is 14.6 Å². The number of para-hydroxylation sites is 1. The van der Waals surface area contributed by atoms with Gasteiger partial charge in [-0.2, -0.15) is 0 Å². The first-order valence-electron chi connectivity index (χ1n) is 22.3. The van der Waals surface area contributed by atoms with Crippen LogP contribution in [-0.4, -0.2) is 82.2 Å². The topological polar surface area (TPSA) is 157 Å². The van der Waals surface area contributed by atoms with E-state index in [1.165, 1.54) is 0 Å². The van der Waals surface area contributed by atoms with Crippen LogP contribution in [-0.2, 0) is 41.7 Å². The fraction of sp³-hybridized carbons (Fsp3) is 0.625. The molecule has 0 spiro atoms. The maximum Gasteiger partial charge on any atom is 0.227 e. The molecule has 2 heterocycles. The summed E-state index contributed by atoms with van der Waals surface area (Å²) in [5.41, 5.74) is 2.87. The molecule has 3 aromatic rings. The predicted molar refractivity (Wildman–Crippen MR) is 246 cm³/mol. The van der Waals surface area contributed by atoms with Crippen molar-refractivity contribution < 1.29 is 28.7 Å². The van der Waals surface area contributed by atoms with Crippen LogP contribution in [0, 0.1) is 5.41 Å². The molecular formula is C48H77N7O6. The zero-order valence-electron chi connectivity index (χ0n) is 39.8. The number of aryl methyl sites for hydroxylation is 1. The molecular weight excluding hydrogens is 771 g/mol. The molecule has 1 aliphatic rings. The van der Waals surface area contributed by atoms with E-state index in [2.05, 4.69) is 35.0 Å². The van der Waals surface area contributed by atoms with Gasteiger partial charge < -0.3 is 30.3 Å². The van der Waals surface area contributed by atoms with Gasteiger partial charge in [-0.3, -0.25) is 19.2 Å². The predicted octanol–water partition coefficient (Wildman–Crippen LogP) is 8.64. The Hall–Kier alpha value is -4.62. The van der Waals surface area contributed by atoms with Crippen LogP contribution in [0.4, 0.5) is 5.69 Å². The van der Waals surface area contributed by atoms with Crippen LogP contribution >= 0.6 is 0 Å². The van der Waals surface area contributed by atoms with E-state index >= 15 is 0 Å². The Labute approximate surface area is 366 Å². The number of carbonyl (C=O) groups is 4. The zero-order chi connectivity index (χ0) is 46.0. The number of amides is 4. The molecule has 4 rings (SSSR count). The summed E-state index contributed by atoms with van der Waals surface area (Å²) < 4.78 is 14.3. The van der Waals surface area contributed by atoms with E-state index in [9.17, 15) is 19.2 Å². The number of nitrogens with one attached hydrogen (secondary N) is 3. The Morgan fingerprint density at radius 3 is 1.95 bits per heavy atom. The van der Waals surface area contributed by atoms with Gasteiger partial charge >= 0.3 is 0 Å². The van der Waals surface area contributed by atoms with E-state index < -0.39 is 22.2 Å². The van der Waals surface area contributed by atoms with Crippen molar-refractivity contribution in [2.75, 3.05) is 31.7 Å². The van der Waals surface area contributed by atoms with E-state index in [0.717, 1.165) is 22.4 Å². The van der Waals surface area contributed by atoms with E-state index in [0.29, 0.717) is 76.3 Å². The van der Waals surface area contributed by atoms with Crippen molar-refractivity contribution >= 4 is 29.3 Å². The van der Waals surface area contributed by atoms with Crippen LogP contribution < -0.4 is 20.9 Å². The number of hydrogen-bond donors (Lipinski definition) is 3. The third-order valence-corrected chi connectivity index (χ3v) is 10.7. The maximum atomic E-state index is 14.1. The van der Waals surface area contributed by atoms with Crippen molar-refractivity contribution in [3.8, 4) is 22.5 Å². The van der Waals surface area contributed by atoms with Gasteiger partial charge in [-0.05, 0) is 85.8 Å². The summed E-state index contributed by atoms with van der Waals surface area (Å²) in [5.74, 6) is -0.390. The summed E-state index contributed by atoms with van der Waals surface area (Å²) in [7, 11) is 1.62. The minimum Gasteiger partial charge on any atom is -0.375 e. The second-order valence-electron chi connectivity index (χ2n) is 17.5. The number of anilines is 1. The lowest BCUT2D eigenvalue weighted by Crippen LogP contribution is -2.45. The van der Waals surface area contributed by atoms with E-state index in [1.807, 2.05) is 129 Å².